The van der Waals surface area contributed by atoms with E-state index < -0.39 is 0 Å². The summed E-state index contributed by atoms with van der Waals surface area (Å²) in [5.74, 6) is 1.89. The molecule has 1 spiro atoms. The van der Waals surface area contributed by atoms with E-state index in [-0.39, 0.29) is 0 Å². The average molecular weight is 499 g/mol. The quantitative estimate of drug-likeness (QED) is 0.376. The van der Waals surface area contributed by atoms with Crippen molar-refractivity contribution in [2.75, 3.05) is 38.2 Å². The molecular weight excluding hydrogens is 456 g/mol. The normalized spacial score (nSPS) is 19.6. The van der Waals surface area contributed by atoms with Gasteiger partial charge in [-0.05, 0) is 92.4 Å². The van der Waals surface area contributed by atoms with Gasteiger partial charge in [-0.1, -0.05) is 56.7 Å². The van der Waals surface area contributed by atoms with Crippen molar-refractivity contribution < 1.29 is 4.74 Å². The van der Waals surface area contributed by atoms with E-state index in [9.17, 15) is 0 Å². The monoisotopic (exact) mass is 498 g/mol. The molecule has 1 aromatic heterocycles. The maximum absolute atomic E-state index is 5.26. The predicted molar refractivity (Wildman–Crippen MR) is 153 cm³/mol. The number of rotatable bonds is 5. The summed E-state index contributed by atoms with van der Waals surface area (Å²) in [5.41, 5.74) is 4.94. The van der Waals surface area contributed by atoms with Crippen LogP contribution in [0.1, 0.15) is 58.8 Å². The maximum atomic E-state index is 5.26. The Labute approximate surface area is 222 Å². The van der Waals surface area contributed by atoms with Crippen molar-refractivity contribution in [1.29, 1.82) is 0 Å². The van der Waals surface area contributed by atoms with E-state index in [2.05, 4.69) is 68.5 Å². The first-order valence-corrected chi connectivity index (χ1v) is 14.3. The van der Waals surface area contributed by atoms with Crippen molar-refractivity contribution in [1.82, 2.24) is 15.1 Å². The molecule has 6 rings (SSSR count). The summed E-state index contributed by atoms with van der Waals surface area (Å²) in [6.07, 6.45) is 9.66. The number of nitrogens with zero attached hydrogens (tertiary/aromatic N) is 4. The van der Waals surface area contributed by atoms with Crippen LogP contribution in [0.4, 0.5) is 5.82 Å². The van der Waals surface area contributed by atoms with E-state index in [0.29, 0.717) is 5.41 Å². The summed E-state index contributed by atoms with van der Waals surface area (Å²) in [6.45, 7) is 8.84. The SMILES string of the molecule is CC.COc1ccc(-c2ccc(-c3ccc(N4CCC5(CC4)CCN(C4CCC4)CC5)nn3)cc2)cc1. The molecule has 3 aromatic rings. The van der Waals surface area contributed by atoms with Crippen LogP contribution in [0.15, 0.2) is 60.7 Å². The number of benzene rings is 2. The Kier molecular flexibility index (Phi) is 8.09. The van der Waals surface area contributed by atoms with E-state index in [1.54, 1.807) is 7.11 Å². The molecule has 1 saturated carbocycles. The fourth-order valence-electron chi connectivity index (χ4n) is 6.09. The highest BCUT2D eigenvalue weighted by atomic mass is 16.5. The van der Waals surface area contributed by atoms with E-state index >= 15 is 0 Å². The second-order valence-electron chi connectivity index (χ2n) is 10.7. The molecule has 3 aliphatic rings. The molecule has 2 aromatic carbocycles. The zero-order valence-corrected chi connectivity index (χ0v) is 22.8. The number of likely N-dealkylation sites (tertiary alicyclic amines) is 1. The lowest BCUT2D eigenvalue weighted by atomic mass is 9.70. The largest absolute Gasteiger partial charge is 0.497 e. The molecule has 3 heterocycles. The van der Waals surface area contributed by atoms with Gasteiger partial charge in [0.15, 0.2) is 5.82 Å². The van der Waals surface area contributed by atoms with Gasteiger partial charge in [-0.3, -0.25) is 0 Å². The summed E-state index contributed by atoms with van der Waals surface area (Å²) in [4.78, 5) is 5.21. The number of ether oxygens (including phenoxy) is 1. The first-order chi connectivity index (χ1) is 18.2. The lowest BCUT2D eigenvalue weighted by Crippen LogP contribution is -2.51. The van der Waals surface area contributed by atoms with Gasteiger partial charge in [0.2, 0.25) is 0 Å². The van der Waals surface area contributed by atoms with Gasteiger partial charge in [0, 0.05) is 24.7 Å². The fourth-order valence-corrected chi connectivity index (χ4v) is 6.09. The van der Waals surface area contributed by atoms with Crippen molar-refractivity contribution in [2.45, 2.75) is 64.8 Å². The Morgan fingerprint density at radius 3 is 1.78 bits per heavy atom. The van der Waals surface area contributed by atoms with E-state index in [0.717, 1.165) is 42.0 Å². The van der Waals surface area contributed by atoms with Gasteiger partial charge >= 0.3 is 0 Å². The Morgan fingerprint density at radius 1 is 0.703 bits per heavy atom. The van der Waals surface area contributed by atoms with Gasteiger partial charge in [0.1, 0.15) is 5.75 Å². The third-order valence-electron chi connectivity index (χ3n) is 8.85. The smallest absolute Gasteiger partial charge is 0.151 e. The van der Waals surface area contributed by atoms with E-state index in [1.165, 1.54) is 69.2 Å². The molecule has 5 nitrogen and oxygen atoms in total. The zero-order valence-electron chi connectivity index (χ0n) is 22.8. The topological polar surface area (TPSA) is 41.5 Å². The minimum Gasteiger partial charge on any atom is -0.497 e. The Balaban J connectivity index is 0.00000137. The van der Waals surface area contributed by atoms with Gasteiger partial charge < -0.3 is 14.5 Å². The molecule has 37 heavy (non-hydrogen) atoms. The lowest BCUT2D eigenvalue weighted by molar-refractivity contribution is 0.0305. The van der Waals surface area contributed by atoms with Gasteiger partial charge in [-0.15, -0.1) is 10.2 Å². The lowest BCUT2D eigenvalue weighted by Gasteiger charge is -2.50. The van der Waals surface area contributed by atoms with Crippen LogP contribution in [0.5, 0.6) is 5.75 Å². The van der Waals surface area contributed by atoms with Crippen LogP contribution < -0.4 is 9.64 Å². The number of aromatic nitrogens is 2. The minimum absolute atomic E-state index is 0.565. The van der Waals surface area contributed by atoms with Crippen molar-refractivity contribution in [3.05, 3.63) is 60.7 Å². The van der Waals surface area contributed by atoms with Crippen LogP contribution in [0.2, 0.25) is 0 Å². The molecule has 3 fully saturated rings. The molecule has 0 amide bonds. The summed E-state index contributed by atoms with van der Waals surface area (Å²) in [6, 6.07) is 21.9. The highest BCUT2D eigenvalue weighted by Crippen LogP contribution is 2.43. The van der Waals surface area contributed by atoms with Crippen LogP contribution in [0.25, 0.3) is 22.4 Å². The van der Waals surface area contributed by atoms with Crippen LogP contribution in [0.3, 0.4) is 0 Å². The first kappa shape index (κ1) is 25.7. The average Bonchev–Trinajstić information content (AvgIpc) is 2.95. The van der Waals surface area contributed by atoms with Crippen LogP contribution in [-0.2, 0) is 0 Å². The highest BCUT2D eigenvalue weighted by Gasteiger charge is 2.39. The number of anilines is 1. The maximum Gasteiger partial charge on any atom is 0.151 e. The van der Waals surface area contributed by atoms with Crippen LogP contribution >= 0.6 is 0 Å². The van der Waals surface area contributed by atoms with Crippen LogP contribution in [0, 0.1) is 5.41 Å². The second kappa shape index (κ2) is 11.6. The first-order valence-electron chi connectivity index (χ1n) is 14.3. The zero-order chi connectivity index (χ0) is 25.7. The number of methoxy groups -OCH3 is 1. The molecule has 0 N–H and O–H groups in total. The third-order valence-corrected chi connectivity index (χ3v) is 8.85. The fraction of sp³-hybridized carbons (Fsp3) is 0.500. The molecule has 0 radical (unpaired) electrons. The van der Waals surface area contributed by atoms with Gasteiger partial charge in [0.05, 0.1) is 12.8 Å². The second-order valence-corrected chi connectivity index (χ2v) is 10.7. The summed E-state index contributed by atoms with van der Waals surface area (Å²) >= 11 is 0. The van der Waals surface area contributed by atoms with E-state index in [4.69, 9.17) is 4.74 Å². The third kappa shape index (κ3) is 5.67. The standard InChI is InChI=1S/C30H36N4O.C2H6/c1-35-27-11-9-24(10-12-27)23-5-7-25(8-6-23)28-13-14-29(32-31-28)34-21-17-30(18-22-34)15-19-33(20-16-30)26-3-2-4-26;1-2/h5-14,26H,2-4,15-22H2,1H3;1-2H3. The minimum atomic E-state index is 0.565. The van der Waals surface area contributed by atoms with Crippen LogP contribution in [-0.4, -0.2) is 54.4 Å². The number of piperidine rings is 2. The van der Waals surface area contributed by atoms with Crippen molar-refractivity contribution in [3.8, 4) is 28.1 Å². The summed E-state index contributed by atoms with van der Waals surface area (Å²) in [7, 11) is 1.69. The van der Waals surface area contributed by atoms with Gasteiger partial charge in [-0.2, -0.15) is 0 Å². The van der Waals surface area contributed by atoms with Crippen molar-refractivity contribution >= 4 is 5.82 Å². The number of hydrogen-bond donors (Lipinski definition) is 0. The van der Waals surface area contributed by atoms with Gasteiger partial charge in [-0.25, -0.2) is 0 Å². The molecule has 0 bridgehead atoms. The molecule has 5 heteroatoms. The Bertz CT molecular complexity index is 1100. The molecular formula is C32H42N4O. The molecule has 1 aliphatic carbocycles. The number of hydrogen-bond acceptors (Lipinski definition) is 5. The summed E-state index contributed by atoms with van der Waals surface area (Å²) < 4.78 is 5.26. The Morgan fingerprint density at radius 2 is 1.27 bits per heavy atom. The van der Waals surface area contributed by atoms with E-state index in [1.807, 2.05) is 26.0 Å². The predicted octanol–water partition coefficient (Wildman–Crippen LogP) is 7.08. The van der Waals surface area contributed by atoms with Gasteiger partial charge in [0.25, 0.3) is 0 Å². The molecule has 0 atom stereocenters. The summed E-state index contributed by atoms with van der Waals surface area (Å²) in [5, 5.41) is 9.20. The highest BCUT2D eigenvalue weighted by molar-refractivity contribution is 5.69. The Hall–Kier alpha value is -2.92. The molecule has 0 unspecified atom stereocenters. The molecule has 196 valence electrons. The molecule has 2 aliphatic heterocycles. The van der Waals surface area contributed by atoms with Crippen molar-refractivity contribution in [2.24, 2.45) is 5.41 Å². The molecule has 2 saturated heterocycles. The van der Waals surface area contributed by atoms with Crippen molar-refractivity contribution in [3.63, 3.8) is 0 Å².